The Morgan fingerprint density at radius 3 is 2.62 bits per heavy atom. The Bertz CT molecular complexity index is 482. The molecular formula is C15H24FN3OS. The Labute approximate surface area is 130 Å². The smallest absolute Gasteiger partial charge is 0.173 e. The largest absolute Gasteiger partial charge is 0.409 e. The van der Waals surface area contributed by atoms with Gasteiger partial charge in [-0.15, -0.1) is 0 Å². The first-order chi connectivity index (χ1) is 10.0. The summed E-state index contributed by atoms with van der Waals surface area (Å²) in [6.07, 6.45) is 4.23. The van der Waals surface area contributed by atoms with Gasteiger partial charge in [0, 0.05) is 23.4 Å². The summed E-state index contributed by atoms with van der Waals surface area (Å²) in [5.74, 6) is -0.655. The molecule has 0 radical (unpaired) electrons. The first-order valence-corrected chi connectivity index (χ1v) is 8.27. The number of oxime groups is 1. The molecule has 1 aromatic carbocycles. The molecule has 0 saturated heterocycles. The van der Waals surface area contributed by atoms with Crippen LogP contribution in [0.25, 0.3) is 0 Å². The van der Waals surface area contributed by atoms with Crippen LogP contribution in [0.15, 0.2) is 23.4 Å². The lowest BCUT2D eigenvalue weighted by atomic mass is 10.0. The fraction of sp³-hybridized carbons (Fsp3) is 0.533. The van der Waals surface area contributed by atoms with E-state index >= 15 is 0 Å². The summed E-state index contributed by atoms with van der Waals surface area (Å²) in [5.41, 5.74) is 6.10. The summed E-state index contributed by atoms with van der Waals surface area (Å²) >= 11 is 1.84. The van der Waals surface area contributed by atoms with E-state index < -0.39 is 5.82 Å². The van der Waals surface area contributed by atoms with E-state index in [4.69, 9.17) is 10.9 Å². The average Bonchev–Trinajstić information content (AvgIpc) is 2.53. The van der Waals surface area contributed by atoms with Gasteiger partial charge in [0.2, 0.25) is 0 Å². The lowest BCUT2D eigenvalue weighted by molar-refractivity contribution is 0.318. The van der Waals surface area contributed by atoms with Gasteiger partial charge in [0.05, 0.1) is 5.56 Å². The van der Waals surface area contributed by atoms with Gasteiger partial charge >= 0.3 is 0 Å². The zero-order valence-corrected chi connectivity index (χ0v) is 13.6. The van der Waals surface area contributed by atoms with E-state index in [2.05, 4.69) is 30.6 Å². The second-order valence-electron chi connectivity index (χ2n) is 4.96. The minimum absolute atomic E-state index is 0.124. The lowest BCUT2D eigenvalue weighted by Gasteiger charge is -2.30. The van der Waals surface area contributed by atoms with Gasteiger partial charge in [0.25, 0.3) is 0 Å². The number of amidine groups is 1. The Morgan fingerprint density at radius 2 is 2.10 bits per heavy atom. The number of halogens is 1. The first kappa shape index (κ1) is 17.8. The standard InChI is InChI=1S/C15H24FN3OS/c1-4-15(5-2,21-3)10-18-9-11-7-6-8-12(13(11)16)14(17)19-20/h6-8,18,20H,4-5,9-10H2,1-3H3,(H2,17,19). The van der Waals surface area contributed by atoms with E-state index in [-0.39, 0.29) is 16.1 Å². The summed E-state index contributed by atoms with van der Waals surface area (Å²) in [7, 11) is 0. The molecule has 4 nitrogen and oxygen atoms in total. The van der Waals surface area contributed by atoms with Crippen molar-refractivity contribution in [2.75, 3.05) is 12.8 Å². The maximum atomic E-state index is 14.3. The third-order valence-corrected chi connectivity index (χ3v) is 5.53. The fourth-order valence-corrected chi connectivity index (χ4v) is 3.08. The molecule has 1 rings (SSSR count). The molecule has 6 heteroatoms. The Morgan fingerprint density at radius 1 is 1.43 bits per heavy atom. The molecule has 4 N–H and O–H groups in total. The fourth-order valence-electron chi connectivity index (χ4n) is 2.25. The molecule has 0 atom stereocenters. The number of hydrogen-bond donors (Lipinski definition) is 3. The van der Waals surface area contributed by atoms with Gasteiger partial charge in [0.15, 0.2) is 5.84 Å². The maximum absolute atomic E-state index is 14.3. The topological polar surface area (TPSA) is 70.6 Å². The number of nitrogens with two attached hydrogens (primary N) is 1. The van der Waals surface area contributed by atoms with Gasteiger partial charge in [-0.1, -0.05) is 31.1 Å². The molecule has 0 spiro atoms. The van der Waals surface area contributed by atoms with Crippen molar-refractivity contribution in [1.29, 1.82) is 0 Å². The van der Waals surface area contributed by atoms with Crippen molar-refractivity contribution in [2.45, 2.75) is 38.0 Å². The van der Waals surface area contributed by atoms with Crippen LogP contribution in [0.5, 0.6) is 0 Å². The quantitative estimate of drug-likeness (QED) is 0.299. The molecule has 0 aliphatic rings. The van der Waals surface area contributed by atoms with Gasteiger partial charge < -0.3 is 16.3 Å². The molecule has 0 aliphatic carbocycles. The van der Waals surface area contributed by atoms with Crippen molar-refractivity contribution in [3.63, 3.8) is 0 Å². The number of benzene rings is 1. The highest BCUT2D eigenvalue weighted by Crippen LogP contribution is 2.29. The molecular weight excluding hydrogens is 289 g/mol. The third kappa shape index (κ3) is 4.35. The molecule has 1 aromatic rings. The van der Waals surface area contributed by atoms with Gasteiger partial charge in [0.1, 0.15) is 5.82 Å². The van der Waals surface area contributed by atoms with E-state index in [0.29, 0.717) is 12.1 Å². The number of hydrogen-bond acceptors (Lipinski definition) is 4. The van der Waals surface area contributed by atoms with Crippen LogP contribution in [0.3, 0.4) is 0 Å². The van der Waals surface area contributed by atoms with Crippen molar-refractivity contribution in [1.82, 2.24) is 5.32 Å². The maximum Gasteiger partial charge on any atom is 0.173 e. The highest BCUT2D eigenvalue weighted by atomic mass is 32.2. The van der Waals surface area contributed by atoms with Crippen LogP contribution in [0.2, 0.25) is 0 Å². The molecule has 21 heavy (non-hydrogen) atoms. The molecule has 118 valence electrons. The highest BCUT2D eigenvalue weighted by Gasteiger charge is 2.24. The van der Waals surface area contributed by atoms with E-state index in [1.807, 2.05) is 11.8 Å². The van der Waals surface area contributed by atoms with Crippen LogP contribution in [0.4, 0.5) is 4.39 Å². The first-order valence-electron chi connectivity index (χ1n) is 7.04. The van der Waals surface area contributed by atoms with Crippen LogP contribution in [-0.4, -0.2) is 28.6 Å². The zero-order valence-electron chi connectivity index (χ0n) is 12.8. The van der Waals surface area contributed by atoms with Crippen LogP contribution in [0.1, 0.15) is 37.8 Å². The molecule has 0 saturated carbocycles. The summed E-state index contributed by atoms with van der Waals surface area (Å²) in [4.78, 5) is 0. The summed E-state index contributed by atoms with van der Waals surface area (Å²) in [6.45, 7) is 5.57. The van der Waals surface area contributed by atoms with E-state index in [1.54, 1.807) is 12.1 Å². The number of thioether (sulfide) groups is 1. The minimum Gasteiger partial charge on any atom is -0.409 e. The van der Waals surface area contributed by atoms with Crippen molar-refractivity contribution in [3.05, 3.63) is 35.1 Å². The van der Waals surface area contributed by atoms with E-state index in [9.17, 15) is 4.39 Å². The number of rotatable bonds is 8. The van der Waals surface area contributed by atoms with E-state index in [0.717, 1.165) is 19.4 Å². The molecule has 0 heterocycles. The van der Waals surface area contributed by atoms with Crippen LogP contribution in [-0.2, 0) is 6.54 Å². The Balaban J connectivity index is 2.77. The van der Waals surface area contributed by atoms with Crippen molar-refractivity contribution in [3.8, 4) is 0 Å². The van der Waals surface area contributed by atoms with Crippen molar-refractivity contribution >= 4 is 17.6 Å². The highest BCUT2D eigenvalue weighted by molar-refractivity contribution is 8.00. The summed E-state index contributed by atoms with van der Waals surface area (Å²) in [6, 6.07) is 4.91. The van der Waals surface area contributed by atoms with E-state index in [1.165, 1.54) is 6.07 Å². The second kappa shape index (κ2) is 8.24. The third-order valence-electron chi connectivity index (χ3n) is 3.95. The number of nitrogens with zero attached hydrogens (tertiary/aromatic N) is 1. The molecule has 0 fully saturated rings. The van der Waals surface area contributed by atoms with Crippen LogP contribution < -0.4 is 11.1 Å². The second-order valence-corrected chi connectivity index (χ2v) is 6.24. The van der Waals surface area contributed by atoms with Crippen LogP contribution in [0, 0.1) is 5.82 Å². The average molecular weight is 313 g/mol. The summed E-state index contributed by atoms with van der Waals surface area (Å²) in [5, 5.41) is 14.8. The SMILES string of the molecule is CCC(CC)(CNCc1cccc(/C(N)=N/O)c1F)SC. The van der Waals surface area contributed by atoms with Gasteiger partial charge in [-0.25, -0.2) is 4.39 Å². The van der Waals surface area contributed by atoms with Crippen LogP contribution >= 0.6 is 11.8 Å². The summed E-state index contributed by atoms with van der Waals surface area (Å²) < 4.78 is 14.4. The zero-order chi connectivity index (χ0) is 15.9. The predicted octanol–water partition coefficient (Wildman–Crippen LogP) is 2.93. The molecule has 0 bridgehead atoms. The minimum atomic E-state index is -0.442. The van der Waals surface area contributed by atoms with Crippen molar-refractivity contribution < 1.29 is 9.60 Å². The van der Waals surface area contributed by atoms with Gasteiger partial charge in [-0.2, -0.15) is 11.8 Å². The lowest BCUT2D eigenvalue weighted by Crippen LogP contribution is -2.36. The van der Waals surface area contributed by atoms with Crippen molar-refractivity contribution in [2.24, 2.45) is 10.9 Å². The molecule has 0 unspecified atom stereocenters. The number of nitrogens with one attached hydrogen (secondary N) is 1. The van der Waals surface area contributed by atoms with Gasteiger partial charge in [-0.3, -0.25) is 0 Å². The normalized spacial score (nSPS) is 12.7. The van der Waals surface area contributed by atoms with Gasteiger partial charge in [-0.05, 0) is 25.2 Å². The predicted molar refractivity (Wildman–Crippen MR) is 87.4 cm³/mol. The molecule has 0 aromatic heterocycles. The Kier molecular flexibility index (Phi) is 6.98. The Hall–Kier alpha value is -1.27. The monoisotopic (exact) mass is 313 g/mol. The molecule has 0 aliphatic heterocycles. The molecule has 0 amide bonds.